The molecular formula is C16H23FN2O2. The number of hydrogen-bond donors (Lipinski definition) is 1. The quantitative estimate of drug-likeness (QED) is 0.927. The molecule has 0 unspecified atom stereocenters. The molecule has 5 heteroatoms. The summed E-state index contributed by atoms with van der Waals surface area (Å²) < 4.78 is 18.7. The normalized spacial score (nSPS) is 17.6. The molecule has 0 saturated carbocycles. The fourth-order valence-corrected chi connectivity index (χ4v) is 2.76. The summed E-state index contributed by atoms with van der Waals surface area (Å²) in [6, 6.07) is 5.48. The third kappa shape index (κ3) is 3.94. The predicted molar refractivity (Wildman–Crippen MR) is 79.8 cm³/mol. The van der Waals surface area contributed by atoms with Crippen molar-refractivity contribution in [3.8, 4) is 5.75 Å². The van der Waals surface area contributed by atoms with E-state index >= 15 is 0 Å². The summed E-state index contributed by atoms with van der Waals surface area (Å²) in [5.41, 5.74) is 0.905. The van der Waals surface area contributed by atoms with E-state index < -0.39 is 0 Å². The number of carbonyl (C=O) groups is 1. The van der Waals surface area contributed by atoms with Crippen molar-refractivity contribution in [2.45, 2.75) is 38.8 Å². The number of nitrogens with zero attached hydrogens (tertiary/aromatic N) is 1. The molecule has 1 atom stereocenters. The van der Waals surface area contributed by atoms with Gasteiger partial charge >= 0.3 is 0 Å². The molecule has 1 fully saturated rings. The number of ether oxygens (including phenoxy) is 1. The molecule has 0 aromatic heterocycles. The van der Waals surface area contributed by atoms with E-state index in [4.69, 9.17) is 4.74 Å². The molecule has 1 aliphatic rings. The Morgan fingerprint density at radius 3 is 2.62 bits per heavy atom. The Kier molecular flexibility index (Phi) is 5.17. The molecule has 1 aliphatic heterocycles. The van der Waals surface area contributed by atoms with E-state index in [0.29, 0.717) is 6.04 Å². The van der Waals surface area contributed by atoms with Gasteiger partial charge in [0.1, 0.15) is 0 Å². The number of benzene rings is 1. The van der Waals surface area contributed by atoms with Gasteiger partial charge in [0.25, 0.3) is 0 Å². The summed E-state index contributed by atoms with van der Waals surface area (Å²) in [7, 11) is 1.46. The Bertz CT molecular complexity index is 499. The maximum absolute atomic E-state index is 13.7. The van der Waals surface area contributed by atoms with Gasteiger partial charge in [-0.25, -0.2) is 4.39 Å². The second-order valence-corrected chi connectivity index (χ2v) is 5.56. The first-order valence-corrected chi connectivity index (χ1v) is 7.36. The summed E-state index contributed by atoms with van der Waals surface area (Å²) in [6.07, 6.45) is 1.87. The third-order valence-corrected chi connectivity index (χ3v) is 4.10. The molecule has 4 nitrogen and oxygen atoms in total. The van der Waals surface area contributed by atoms with Crippen LogP contribution in [-0.2, 0) is 4.79 Å². The highest BCUT2D eigenvalue weighted by Crippen LogP contribution is 2.23. The van der Waals surface area contributed by atoms with Crippen molar-refractivity contribution in [1.29, 1.82) is 0 Å². The van der Waals surface area contributed by atoms with Crippen LogP contribution in [0.4, 0.5) is 4.39 Å². The lowest BCUT2D eigenvalue weighted by Crippen LogP contribution is -2.44. The van der Waals surface area contributed by atoms with E-state index in [1.807, 2.05) is 17.9 Å². The molecule has 0 aliphatic carbocycles. The molecule has 0 bridgehead atoms. The van der Waals surface area contributed by atoms with Crippen LogP contribution in [0.1, 0.15) is 38.3 Å². The van der Waals surface area contributed by atoms with E-state index in [9.17, 15) is 9.18 Å². The van der Waals surface area contributed by atoms with Crippen molar-refractivity contribution in [3.63, 3.8) is 0 Å². The number of rotatable bonds is 4. The maximum atomic E-state index is 13.7. The van der Waals surface area contributed by atoms with Crippen LogP contribution in [-0.4, -0.2) is 37.0 Å². The minimum absolute atomic E-state index is 0.0688. The minimum atomic E-state index is -0.338. The van der Waals surface area contributed by atoms with E-state index in [-0.39, 0.29) is 23.5 Å². The first kappa shape index (κ1) is 15.8. The second kappa shape index (κ2) is 6.89. The van der Waals surface area contributed by atoms with Crippen molar-refractivity contribution in [2.24, 2.45) is 0 Å². The molecule has 0 spiro atoms. The highest BCUT2D eigenvalue weighted by molar-refractivity contribution is 5.73. The molecule has 1 aromatic rings. The SMILES string of the molecule is COc1ccc([C@H](C)NC2CCN(C(C)=O)CC2)cc1F. The largest absolute Gasteiger partial charge is 0.494 e. The summed E-state index contributed by atoms with van der Waals surface area (Å²) in [4.78, 5) is 13.2. The van der Waals surface area contributed by atoms with Crippen LogP contribution in [0.3, 0.4) is 0 Å². The van der Waals surface area contributed by atoms with Crippen molar-refractivity contribution in [1.82, 2.24) is 10.2 Å². The summed E-state index contributed by atoms with van der Waals surface area (Å²) >= 11 is 0. The summed E-state index contributed by atoms with van der Waals surface area (Å²) in [5.74, 6) is 0.0643. The fraction of sp³-hybridized carbons (Fsp3) is 0.562. The van der Waals surface area contributed by atoms with Gasteiger partial charge in [0.2, 0.25) is 5.91 Å². The van der Waals surface area contributed by atoms with Gasteiger partial charge in [-0.05, 0) is 37.5 Å². The van der Waals surface area contributed by atoms with Crippen LogP contribution < -0.4 is 10.1 Å². The average Bonchev–Trinajstić information content (AvgIpc) is 2.47. The lowest BCUT2D eigenvalue weighted by molar-refractivity contribution is -0.129. The monoisotopic (exact) mass is 294 g/mol. The van der Waals surface area contributed by atoms with Gasteiger partial charge < -0.3 is 15.0 Å². The highest BCUT2D eigenvalue weighted by atomic mass is 19.1. The molecule has 21 heavy (non-hydrogen) atoms. The number of carbonyl (C=O) groups excluding carboxylic acids is 1. The van der Waals surface area contributed by atoms with Gasteiger partial charge in [-0.15, -0.1) is 0 Å². The highest BCUT2D eigenvalue weighted by Gasteiger charge is 2.22. The lowest BCUT2D eigenvalue weighted by atomic mass is 10.0. The van der Waals surface area contributed by atoms with Gasteiger partial charge in [-0.2, -0.15) is 0 Å². The zero-order valence-electron chi connectivity index (χ0n) is 12.9. The van der Waals surface area contributed by atoms with E-state index in [0.717, 1.165) is 31.5 Å². The second-order valence-electron chi connectivity index (χ2n) is 5.56. The third-order valence-electron chi connectivity index (χ3n) is 4.10. The molecular weight excluding hydrogens is 271 g/mol. The Morgan fingerprint density at radius 2 is 2.10 bits per heavy atom. The number of amides is 1. The van der Waals surface area contributed by atoms with Crippen molar-refractivity contribution in [2.75, 3.05) is 20.2 Å². The molecule has 1 saturated heterocycles. The zero-order valence-corrected chi connectivity index (χ0v) is 12.9. The summed E-state index contributed by atoms with van der Waals surface area (Å²) in [6.45, 7) is 5.21. The smallest absolute Gasteiger partial charge is 0.219 e. The van der Waals surface area contributed by atoms with Crippen LogP contribution in [0.15, 0.2) is 18.2 Å². The van der Waals surface area contributed by atoms with Crippen LogP contribution in [0.2, 0.25) is 0 Å². The average molecular weight is 294 g/mol. The maximum Gasteiger partial charge on any atom is 0.219 e. The number of nitrogens with one attached hydrogen (secondary N) is 1. The topological polar surface area (TPSA) is 41.6 Å². The predicted octanol–water partition coefficient (Wildman–Crippen LogP) is 2.50. The molecule has 116 valence electrons. The van der Waals surface area contributed by atoms with Crippen LogP contribution in [0.5, 0.6) is 5.75 Å². The summed E-state index contributed by atoms with van der Waals surface area (Å²) in [5, 5.41) is 3.51. The van der Waals surface area contributed by atoms with Crippen LogP contribution >= 0.6 is 0 Å². The number of methoxy groups -OCH3 is 1. The minimum Gasteiger partial charge on any atom is -0.494 e. The first-order chi connectivity index (χ1) is 10.0. The Morgan fingerprint density at radius 1 is 1.43 bits per heavy atom. The number of hydrogen-bond acceptors (Lipinski definition) is 3. The molecule has 1 heterocycles. The lowest BCUT2D eigenvalue weighted by Gasteiger charge is -2.33. The van der Waals surface area contributed by atoms with Gasteiger partial charge in [0.15, 0.2) is 11.6 Å². The standard InChI is InChI=1S/C16H23FN2O2/c1-11(13-4-5-16(21-3)15(17)10-13)18-14-6-8-19(9-7-14)12(2)20/h4-5,10-11,14,18H,6-9H2,1-3H3/t11-/m0/s1. The first-order valence-electron chi connectivity index (χ1n) is 7.36. The van der Waals surface area contributed by atoms with Crippen molar-refractivity contribution < 1.29 is 13.9 Å². The molecule has 1 N–H and O–H groups in total. The number of piperidine rings is 1. The van der Waals surface area contributed by atoms with Crippen LogP contribution in [0.25, 0.3) is 0 Å². The number of likely N-dealkylation sites (tertiary alicyclic amines) is 1. The molecule has 0 radical (unpaired) electrons. The van der Waals surface area contributed by atoms with E-state index in [2.05, 4.69) is 5.32 Å². The fourth-order valence-electron chi connectivity index (χ4n) is 2.76. The molecule has 1 amide bonds. The van der Waals surface area contributed by atoms with Crippen molar-refractivity contribution in [3.05, 3.63) is 29.6 Å². The van der Waals surface area contributed by atoms with Gasteiger partial charge in [-0.1, -0.05) is 6.07 Å². The van der Waals surface area contributed by atoms with Gasteiger partial charge in [-0.3, -0.25) is 4.79 Å². The molecule has 2 rings (SSSR count). The van der Waals surface area contributed by atoms with Gasteiger partial charge in [0.05, 0.1) is 7.11 Å². The van der Waals surface area contributed by atoms with Crippen LogP contribution in [0, 0.1) is 5.82 Å². The number of halogens is 1. The van der Waals surface area contributed by atoms with Crippen molar-refractivity contribution >= 4 is 5.91 Å². The van der Waals surface area contributed by atoms with E-state index in [1.165, 1.54) is 13.2 Å². The Hall–Kier alpha value is -1.62. The molecule has 1 aromatic carbocycles. The zero-order chi connectivity index (χ0) is 15.4. The van der Waals surface area contributed by atoms with Gasteiger partial charge in [0, 0.05) is 32.1 Å². The Labute approximate surface area is 125 Å². The Balaban J connectivity index is 1.91. The van der Waals surface area contributed by atoms with E-state index in [1.54, 1.807) is 13.0 Å².